The fraction of sp³-hybridized carbons (Fsp3) is 0.786. The van der Waals surface area contributed by atoms with Crippen LogP contribution in [0.25, 0.3) is 0 Å². The van der Waals surface area contributed by atoms with E-state index in [0.29, 0.717) is 0 Å². The minimum Gasteiger partial charge on any atom is -0.479 e. The molecule has 7 nitrogen and oxygen atoms in total. The Morgan fingerprint density at radius 2 is 1.71 bits per heavy atom. The first-order valence-electron chi connectivity index (χ1n) is 6.90. The number of nitrogens with one attached hydrogen (secondary N) is 1. The van der Waals surface area contributed by atoms with E-state index < -0.39 is 35.8 Å². The molecule has 7 heteroatoms. The second-order valence-electron chi connectivity index (χ2n) is 6.04. The van der Waals surface area contributed by atoms with Crippen molar-refractivity contribution in [1.82, 2.24) is 5.32 Å². The van der Waals surface area contributed by atoms with Crippen LogP contribution in [-0.2, 0) is 19.1 Å². The standard InChI is InChI=1S/C14H25NO6/c1-7-9(11(16)17)20-12(18)10(8(2)3)15-13(19)21-14(4,5)6/h8-10H,7H2,1-6H3,(H,15,19)(H,16,17)/t9?,10-/m0/s1. The number of carbonyl (C=O) groups excluding carboxylic acids is 2. The highest BCUT2D eigenvalue weighted by atomic mass is 16.6. The van der Waals surface area contributed by atoms with Crippen LogP contribution in [0.15, 0.2) is 0 Å². The Labute approximate surface area is 125 Å². The minimum absolute atomic E-state index is 0.151. The molecule has 21 heavy (non-hydrogen) atoms. The van der Waals surface area contributed by atoms with E-state index in [4.69, 9.17) is 14.6 Å². The molecule has 0 rings (SSSR count). The number of hydrogen-bond donors (Lipinski definition) is 2. The van der Waals surface area contributed by atoms with E-state index in [1.807, 2.05) is 0 Å². The zero-order chi connectivity index (χ0) is 16.8. The van der Waals surface area contributed by atoms with Gasteiger partial charge in [-0.3, -0.25) is 0 Å². The molecule has 0 fully saturated rings. The van der Waals surface area contributed by atoms with Crippen molar-refractivity contribution in [2.45, 2.75) is 65.7 Å². The number of amides is 1. The average Bonchev–Trinajstić information content (AvgIpc) is 2.29. The topological polar surface area (TPSA) is 102 Å². The maximum atomic E-state index is 12.0. The molecule has 2 atom stereocenters. The summed E-state index contributed by atoms with van der Waals surface area (Å²) in [6.45, 7) is 10.1. The predicted molar refractivity (Wildman–Crippen MR) is 75.8 cm³/mol. The number of aliphatic carboxylic acids is 1. The van der Waals surface area contributed by atoms with Gasteiger partial charge in [0.2, 0.25) is 0 Å². The molecule has 0 heterocycles. The zero-order valence-corrected chi connectivity index (χ0v) is 13.4. The number of carbonyl (C=O) groups is 3. The number of esters is 1. The summed E-state index contributed by atoms with van der Waals surface area (Å²) in [5, 5.41) is 11.3. The summed E-state index contributed by atoms with van der Waals surface area (Å²) in [6, 6.07) is -0.965. The highest BCUT2D eigenvalue weighted by Gasteiger charge is 2.31. The van der Waals surface area contributed by atoms with E-state index in [0.717, 1.165) is 0 Å². The van der Waals surface area contributed by atoms with Crippen molar-refractivity contribution >= 4 is 18.0 Å². The molecule has 1 amide bonds. The van der Waals surface area contributed by atoms with Crippen LogP contribution in [0.3, 0.4) is 0 Å². The molecule has 0 bridgehead atoms. The smallest absolute Gasteiger partial charge is 0.408 e. The van der Waals surface area contributed by atoms with Crippen LogP contribution in [0.2, 0.25) is 0 Å². The number of rotatable bonds is 6. The summed E-state index contributed by atoms with van der Waals surface area (Å²) < 4.78 is 9.98. The first-order valence-corrected chi connectivity index (χ1v) is 6.90. The van der Waals surface area contributed by atoms with E-state index in [-0.39, 0.29) is 12.3 Å². The van der Waals surface area contributed by atoms with Crippen LogP contribution in [-0.4, -0.2) is 40.9 Å². The summed E-state index contributed by atoms with van der Waals surface area (Å²) >= 11 is 0. The third-order valence-corrected chi connectivity index (χ3v) is 2.50. The van der Waals surface area contributed by atoms with Gasteiger partial charge in [0.25, 0.3) is 0 Å². The number of hydrogen-bond acceptors (Lipinski definition) is 5. The predicted octanol–water partition coefficient (Wildman–Crippen LogP) is 1.94. The molecule has 0 aromatic carbocycles. The summed E-state index contributed by atoms with van der Waals surface area (Å²) in [5.41, 5.74) is -0.692. The Morgan fingerprint density at radius 3 is 2.05 bits per heavy atom. The number of carboxylic acid groups (broad SMARTS) is 1. The molecule has 0 aromatic heterocycles. The second-order valence-corrected chi connectivity index (χ2v) is 6.04. The molecule has 1 unspecified atom stereocenters. The van der Waals surface area contributed by atoms with Crippen molar-refractivity contribution in [2.24, 2.45) is 5.92 Å². The van der Waals surface area contributed by atoms with Crippen molar-refractivity contribution in [3.05, 3.63) is 0 Å². The van der Waals surface area contributed by atoms with Crippen molar-refractivity contribution < 1.29 is 29.0 Å². The summed E-state index contributed by atoms with van der Waals surface area (Å²) in [5.74, 6) is -2.27. The summed E-state index contributed by atoms with van der Waals surface area (Å²) in [4.78, 5) is 34.6. The lowest BCUT2D eigenvalue weighted by Gasteiger charge is -2.25. The molecule has 0 aliphatic heterocycles. The van der Waals surface area contributed by atoms with Crippen LogP contribution < -0.4 is 5.32 Å². The van der Waals surface area contributed by atoms with Crippen molar-refractivity contribution in [3.8, 4) is 0 Å². The lowest BCUT2D eigenvalue weighted by atomic mass is 10.0. The van der Waals surface area contributed by atoms with Crippen LogP contribution in [0.1, 0.15) is 48.0 Å². The van der Waals surface area contributed by atoms with Crippen LogP contribution in [0, 0.1) is 5.92 Å². The van der Waals surface area contributed by atoms with Gasteiger partial charge in [-0.15, -0.1) is 0 Å². The van der Waals surface area contributed by atoms with Gasteiger partial charge in [0, 0.05) is 0 Å². The molecule has 0 saturated carbocycles. The molecular weight excluding hydrogens is 278 g/mol. The molecule has 122 valence electrons. The van der Waals surface area contributed by atoms with Gasteiger partial charge >= 0.3 is 18.0 Å². The second kappa shape index (κ2) is 7.85. The van der Waals surface area contributed by atoms with Gasteiger partial charge < -0.3 is 19.9 Å². The van der Waals surface area contributed by atoms with Gasteiger partial charge in [0.15, 0.2) is 6.10 Å². The maximum Gasteiger partial charge on any atom is 0.408 e. The third kappa shape index (κ3) is 7.53. The number of ether oxygens (including phenoxy) is 2. The van der Waals surface area contributed by atoms with Crippen molar-refractivity contribution in [2.75, 3.05) is 0 Å². The fourth-order valence-electron chi connectivity index (χ4n) is 1.45. The molecule has 0 radical (unpaired) electrons. The molecule has 0 spiro atoms. The molecule has 2 N–H and O–H groups in total. The van der Waals surface area contributed by atoms with Gasteiger partial charge in [0.05, 0.1) is 0 Å². The highest BCUT2D eigenvalue weighted by molar-refractivity contribution is 5.84. The highest BCUT2D eigenvalue weighted by Crippen LogP contribution is 2.11. The Balaban J connectivity index is 4.79. The Kier molecular flexibility index (Phi) is 7.18. The first-order chi connectivity index (χ1) is 9.47. The van der Waals surface area contributed by atoms with E-state index in [1.54, 1.807) is 41.5 Å². The van der Waals surface area contributed by atoms with Crippen molar-refractivity contribution in [3.63, 3.8) is 0 Å². The normalized spacial score (nSPS) is 14.2. The zero-order valence-electron chi connectivity index (χ0n) is 13.4. The van der Waals surface area contributed by atoms with Gasteiger partial charge in [-0.05, 0) is 33.1 Å². The van der Waals surface area contributed by atoms with Crippen LogP contribution in [0.4, 0.5) is 4.79 Å². The molecule has 0 aliphatic carbocycles. The maximum absolute atomic E-state index is 12.0. The molecule has 0 aliphatic rings. The van der Waals surface area contributed by atoms with Gasteiger partial charge in [-0.1, -0.05) is 20.8 Å². The quantitative estimate of drug-likeness (QED) is 0.727. The number of carboxylic acids is 1. The SMILES string of the molecule is CCC(OC(=O)[C@@H](NC(=O)OC(C)(C)C)C(C)C)C(=O)O. The molecule has 0 aromatic rings. The van der Waals surface area contributed by atoms with E-state index >= 15 is 0 Å². The van der Waals surface area contributed by atoms with Gasteiger partial charge in [-0.25, -0.2) is 14.4 Å². The minimum atomic E-state index is -1.22. The third-order valence-electron chi connectivity index (χ3n) is 2.50. The lowest BCUT2D eigenvalue weighted by molar-refractivity contribution is -0.166. The van der Waals surface area contributed by atoms with Crippen molar-refractivity contribution in [1.29, 1.82) is 0 Å². The monoisotopic (exact) mass is 303 g/mol. The Hall–Kier alpha value is -1.79. The largest absolute Gasteiger partial charge is 0.479 e. The van der Waals surface area contributed by atoms with Crippen LogP contribution in [0.5, 0.6) is 0 Å². The molecular formula is C14H25NO6. The van der Waals surface area contributed by atoms with Gasteiger partial charge in [0.1, 0.15) is 11.6 Å². The average molecular weight is 303 g/mol. The lowest BCUT2D eigenvalue weighted by Crippen LogP contribution is -2.48. The van der Waals surface area contributed by atoms with Gasteiger partial charge in [-0.2, -0.15) is 0 Å². The number of alkyl carbamates (subject to hydrolysis) is 1. The fourth-order valence-corrected chi connectivity index (χ4v) is 1.45. The summed E-state index contributed by atoms with van der Waals surface area (Å²) in [7, 11) is 0. The van der Waals surface area contributed by atoms with E-state index in [1.165, 1.54) is 0 Å². The van der Waals surface area contributed by atoms with Crippen LogP contribution >= 0.6 is 0 Å². The molecule has 0 saturated heterocycles. The first kappa shape index (κ1) is 19.2. The van der Waals surface area contributed by atoms with E-state index in [2.05, 4.69) is 5.32 Å². The Bertz CT molecular complexity index is 385. The summed E-state index contributed by atoms with van der Waals surface area (Å²) in [6.07, 6.45) is -1.82. The van der Waals surface area contributed by atoms with E-state index in [9.17, 15) is 14.4 Å². The Morgan fingerprint density at radius 1 is 1.19 bits per heavy atom.